The van der Waals surface area contributed by atoms with Crippen molar-refractivity contribution in [3.05, 3.63) is 62.6 Å². The molecule has 0 saturated carbocycles. The molecule has 156 valence electrons. The highest BCUT2D eigenvalue weighted by Gasteiger charge is 2.25. The van der Waals surface area contributed by atoms with E-state index in [1.807, 2.05) is 42.5 Å². The SMILES string of the molecule is CN(CC(=O)N1CCN(Cc2ccc(Cl)s2)CC1)S(=O)(=O)/C=C/c1ccccc1. The zero-order chi connectivity index (χ0) is 20.9. The highest BCUT2D eigenvalue weighted by molar-refractivity contribution is 7.92. The van der Waals surface area contributed by atoms with Gasteiger partial charge in [0.1, 0.15) is 0 Å². The Morgan fingerprint density at radius 3 is 2.45 bits per heavy atom. The number of carbonyl (C=O) groups excluding carboxylic acids is 1. The van der Waals surface area contributed by atoms with Gasteiger partial charge in [0, 0.05) is 50.1 Å². The van der Waals surface area contributed by atoms with E-state index in [0.29, 0.717) is 13.1 Å². The quantitative estimate of drug-likeness (QED) is 0.646. The summed E-state index contributed by atoms with van der Waals surface area (Å²) in [6.45, 7) is 3.34. The van der Waals surface area contributed by atoms with Crippen LogP contribution in [0, 0.1) is 0 Å². The first kappa shape index (κ1) is 22.0. The van der Waals surface area contributed by atoms with Crippen LogP contribution in [0.4, 0.5) is 0 Å². The number of amides is 1. The molecule has 0 aliphatic carbocycles. The number of thiophene rings is 1. The molecule has 2 aromatic rings. The van der Waals surface area contributed by atoms with Gasteiger partial charge in [-0.15, -0.1) is 11.3 Å². The number of rotatable bonds is 7. The Balaban J connectivity index is 1.49. The van der Waals surface area contributed by atoms with Gasteiger partial charge < -0.3 is 4.90 Å². The number of piperazine rings is 1. The normalized spacial score (nSPS) is 16.0. The Labute approximate surface area is 181 Å². The van der Waals surface area contributed by atoms with Gasteiger partial charge in [0.15, 0.2) is 0 Å². The van der Waals surface area contributed by atoms with E-state index in [9.17, 15) is 13.2 Å². The molecule has 0 N–H and O–H groups in total. The maximum atomic E-state index is 12.6. The van der Waals surface area contributed by atoms with Crippen LogP contribution in [-0.2, 0) is 21.4 Å². The molecule has 2 heterocycles. The standard InChI is InChI=1S/C20H24ClN3O3S2/c1-22(29(26,27)14-9-17-5-3-2-4-6-17)16-20(25)24-12-10-23(11-13-24)15-18-7-8-19(21)28-18/h2-9,14H,10-13,15-16H2,1H3/b14-9+. The highest BCUT2D eigenvalue weighted by Crippen LogP contribution is 2.23. The van der Waals surface area contributed by atoms with Gasteiger partial charge in [-0.05, 0) is 23.8 Å². The first-order valence-electron chi connectivity index (χ1n) is 9.27. The zero-order valence-electron chi connectivity index (χ0n) is 16.2. The van der Waals surface area contributed by atoms with Gasteiger partial charge in [0.25, 0.3) is 0 Å². The zero-order valence-corrected chi connectivity index (χ0v) is 18.6. The van der Waals surface area contributed by atoms with Gasteiger partial charge in [-0.2, -0.15) is 4.31 Å². The summed E-state index contributed by atoms with van der Waals surface area (Å²) in [6.07, 6.45) is 1.53. The first-order valence-corrected chi connectivity index (χ1v) is 12.0. The average Bonchev–Trinajstić information content (AvgIpc) is 3.12. The number of nitrogens with zero attached hydrogens (tertiary/aromatic N) is 3. The van der Waals surface area contributed by atoms with E-state index in [1.54, 1.807) is 16.2 Å². The molecule has 9 heteroatoms. The molecule has 1 aliphatic heterocycles. The molecule has 1 aromatic carbocycles. The molecule has 0 bridgehead atoms. The molecular weight excluding hydrogens is 430 g/mol. The highest BCUT2D eigenvalue weighted by atomic mass is 35.5. The van der Waals surface area contributed by atoms with E-state index in [0.717, 1.165) is 39.2 Å². The number of hydrogen-bond donors (Lipinski definition) is 0. The molecule has 0 unspecified atom stereocenters. The predicted octanol–water partition coefficient (Wildman–Crippen LogP) is 2.98. The molecule has 1 aliphatic rings. The summed E-state index contributed by atoms with van der Waals surface area (Å²) in [5.74, 6) is -0.178. The molecular formula is C20H24ClN3O3S2. The Morgan fingerprint density at radius 1 is 1.14 bits per heavy atom. The lowest BCUT2D eigenvalue weighted by atomic mass is 10.2. The molecule has 1 amide bonds. The Hall–Kier alpha value is -1.71. The maximum Gasteiger partial charge on any atom is 0.237 e. The van der Waals surface area contributed by atoms with Crippen LogP contribution < -0.4 is 0 Å². The predicted molar refractivity (Wildman–Crippen MR) is 118 cm³/mol. The summed E-state index contributed by atoms with van der Waals surface area (Å²) < 4.78 is 26.7. The molecule has 3 rings (SSSR count). The lowest BCUT2D eigenvalue weighted by Crippen LogP contribution is -2.50. The lowest BCUT2D eigenvalue weighted by Gasteiger charge is -2.35. The number of hydrogen-bond acceptors (Lipinski definition) is 5. The third-order valence-electron chi connectivity index (χ3n) is 4.76. The molecule has 0 atom stereocenters. The third-order valence-corrected chi connectivity index (χ3v) is 7.45. The van der Waals surface area contributed by atoms with Gasteiger partial charge in [0.2, 0.25) is 15.9 Å². The summed E-state index contributed by atoms with van der Waals surface area (Å²) >= 11 is 7.54. The second kappa shape index (κ2) is 9.86. The van der Waals surface area contributed by atoms with Crippen LogP contribution >= 0.6 is 22.9 Å². The van der Waals surface area contributed by atoms with E-state index in [1.165, 1.54) is 18.0 Å². The number of benzene rings is 1. The Kier molecular flexibility index (Phi) is 7.48. The number of carbonyl (C=O) groups is 1. The van der Waals surface area contributed by atoms with E-state index < -0.39 is 10.0 Å². The third kappa shape index (κ3) is 6.38. The van der Waals surface area contributed by atoms with E-state index >= 15 is 0 Å². The molecule has 0 radical (unpaired) electrons. The Morgan fingerprint density at radius 2 is 1.83 bits per heavy atom. The van der Waals surface area contributed by atoms with Crippen LogP contribution in [0.5, 0.6) is 0 Å². The van der Waals surface area contributed by atoms with Gasteiger partial charge in [-0.25, -0.2) is 8.42 Å². The number of likely N-dealkylation sites (N-methyl/N-ethyl adjacent to an activating group) is 1. The van der Waals surface area contributed by atoms with E-state index in [-0.39, 0.29) is 12.5 Å². The second-order valence-corrected chi connectivity index (χ2v) is 10.6. The van der Waals surface area contributed by atoms with Crippen LogP contribution in [0.25, 0.3) is 6.08 Å². The summed E-state index contributed by atoms with van der Waals surface area (Å²) in [7, 11) is -2.23. The summed E-state index contributed by atoms with van der Waals surface area (Å²) in [5.41, 5.74) is 0.791. The molecule has 1 aromatic heterocycles. The van der Waals surface area contributed by atoms with Crippen LogP contribution in [0.15, 0.2) is 47.9 Å². The minimum Gasteiger partial charge on any atom is -0.339 e. The number of halogens is 1. The van der Waals surface area contributed by atoms with Gasteiger partial charge >= 0.3 is 0 Å². The number of sulfonamides is 1. The van der Waals surface area contributed by atoms with Gasteiger partial charge in [-0.3, -0.25) is 9.69 Å². The van der Waals surface area contributed by atoms with Gasteiger partial charge in [-0.1, -0.05) is 41.9 Å². The van der Waals surface area contributed by atoms with E-state index in [2.05, 4.69) is 4.90 Å². The van der Waals surface area contributed by atoms with Crippen molar-refractivity contribution in [2.75, 3.05) is 39.8 Å². The maximum absolute atomic E-state index is 12.6. The topological polar surface area (TPSA) is 60.9 Å². The van der Waals surface area contributed by atoms with Crippen molar-refractivity contribution < 1.29 is 13.2 Å². The van der Waals surface area contributed by atoms with E-state index in [4.69, 9.17) is 11.6 Å². The van der Waals surface area contributed by atoms with Crippen molar-refractivity contribution in [2.45, 2.75) is 6.54 Å². The van der Waals surface area contributed by atoms with Gasteiger partial charge in [0.05, 0.1) is 10.9 Å². The molecule has 0 spiro atoms. The largest absolute Gasteiger partial charge is 0.339 e. The lowest BCUT2D eigenvalue weighted by molar-refractivity contribution is -0.133. The average molecular weight is 454 g/mol. The monoisotopic (exact) mass is 453 g/mol. The molecule has 6 nitrogen and oxygen atoms in total. The summed E-state index contributed by atoms with van der Waals surface area (Å²) in [4.78, 5) is 17.8. The fourth-order valence-electron chi connectivity index (χ4n) is 3.03. The minimum absolute atomic E-state index is 0.165. The van der Waals surface area contributed by atoms with Crippen molar-refractivity contribution in [2.24, 2.45) is 0 Å². The molecule has 1 fully saturated rings. The van der Waals surface area contributed by atoms with Crippen molar-refractivity contribution in [3.8, 4) is 0 Å². The molecule has 1 saturated heterocycles. The van der Waals surface area contributed by atoms with Crippen molar-refractivity contribution >= 4 is 44.9 Å². The smallest absolute Gasteiger partial charge is 0.237 e. The molecule has 29 heavy (non-hydrogen) atoms. The second-order valence-electron chi connectivity index (χ2n) is 6.88. The fraction of sp³-hybridized carbons (Fsp3) is 0.350. The first-order chi connectivity index (χ1) is 13.8. The van der Waals surface area contributed by atoms with Crippen molar-refractivity contribution in [1.82, 2.24) is 14.1 Å². The summed E-state index contributed by atoms with van der Waals surface area (Å²) in [5, 5.41) is 1.14. The van der Waals surface area contributed by atoms with Crippen molar-refractivity contribution in [1.29, 1.82) is 0 Å². The van der Waals surface area contributed by atoms with Crippen LogP contribution in [0.2, 0.25) is 4.34 Å². The Bertz CT molecular complexity index is 952. The van der Waals surface area contributed by atoms with Crippen molar-refractivity contribution in [3.63, 3.8) is 0 Å². The summed E-state index contributed by atoms with van der Waals surface area (Å²) in [6, 6.07) is 13.1. The minimum atomic E-state index is -3.66. The van der Waals surface area contributed by atoms with Crippen LogP contribution in [0.1, 0.15) is 10.4 Å². The van der Waals surface area contributed by atoms with Crippen LogP contribution in [0.3, 0.4) is 0 Å². The van der Waals surface area contributed by atoms with Crippen LogP contribution in [-0.4, -0.2) is 68.2 Å². The fourth-order valence-corrected chi connectivity index (χ4v) is 4.98.